The second-order valence-electron chi connectivity index (χ2n) is 4.81. The minimum absolute atomic E-state index is 0.586. The van der Waals surface area contributed by atoms with Crippen molar-refractivity contribution in [3.05, 3.63) is 51.5 Å². The summed E-state index contributed by atoms with van der Waals surface area (Å²) in [6.45, 7) is 6.77. The molecule has 108 valence electrons. The van der Waals surface area contributed by atoms with Gasteiger partial charge in [-0.2, -0.15) is 0 Å². The van der Waals surface area contributed by atoms with Gasteiger partial charge in [0, 0.05) is 19.3 Å². The van der Waals surface area contributed by atoms with E-state index in [1.54, 1.807) is 0 Å². The normalized spacial score (nSPS) is 11.0. The Morgan fingerprint density at radius 1 is 1.25 bits per heavy atom. The quantitative estimate of drug-likeness (QED) is 0.816. The third kappa shape index (κ3) is 3.75. The highest BCUT2D eigenvalue weighted by molar-refractivity contribution is 6.42. The van der Waals surface area contributed by atoms with E-state index in [1.165, 1.54) is 5.69 Å². The monoisotopic (exact) mass is 311 g/mol. The molecule has 0 spiro atoms. The Bertz CT molecular complexity index is 578. The van der Waals surface area contributed by atoms with Crippen LogP contribution >= 0.6 is 23.2 Å². The van der Waals surface area contributed by atoms with E-state index in [2.05, 4.69) is 21.8 Å². The second kappa shape index (κ2) is 7.11. The molecular weight excluding hydrogens is 293 g/mol. The van der Waals surface area contributed by atoms with Gasteiger partial charge in [-0.1, -0.05) is 36.2 Å². The highest BCUT2D eigenvalue weighted by Crippen LogP contribution is 2.23. The number of hydrogen-bond acceptors (Lipinski definition) is 2. The van der Waals surface area contributed by atoms with Crippen molar-refractivity contribution in [3.63, 3.8) is 0 Å². The van der Waals surface area contributed by atoms with Crippen LogP contribution in [0.4, 0.5) is 0 Å². The number of benzene rings is 1. The summed E-state index contributed by atoms with van der Waals surface area (Å²) in [5, 5.41) is 4.58. The Labute approximate surface area is 129 Å². The third-order valence-corrected chi connectivity index (χ3v) is 3.93. The summed E-state index contributed by atoms with van der Waals surface area (Å²) in [4.78, 5) is 4.40. The number of hydrogen-bond donors (Lipinski definition) is 1. The number of aromatic nitrogens is 2. The van der Waals surface area contributed by atoms with Gasteiger partial charge in [-0.15, -0.1) is 0 Å². The van der Waals surface area contributed by atoms with E-state index in [4.69, 9.17) is 23.2 Å². The summed E-state index contributed by atoms with van der Waals surface area (Å²) in [6, 6.07) is 5.74. The first-order chi connectivity index (χ1) is 9.61. The standard InChI is InChI=1S/C15H19Cl2N3/c1-3-6-18-8-13-9-19-11(2)20(13)10-12-4-5-14(16)15(17)7-12/h4-5,7,9,18H,3,6,8,10H2,1-2H3. The average molecular weight is 312 g/mol. The maximum absolute atomic E-state index is 6.07. The van der Waals surface area contributed by atoms with E-state index < -0.39 is 0 Å². The van der Waals surface area contributed by atoms with Crippen molar-refractivity contribution in [2.75, 3.05) is 6.54 Å². The molecule has 2 aromatic rings. The fourth-order valence-electron chi connectivity index (χ4n) is 2.09. The van der Waals surface area contributed by atoms with Crippen LogP contribution in [-0.4, -0.2) is 16.1 Å². The van der Waals surface area contributed by atoms with Gasteiger partial charge in [0.2, 0.25) is 0 Å². The largest absolute Gasteiger partial charge is 0.327 e. The molecule has 3 nitrogen and oxygen atoms in total. The van der Waals surface area contributed by atoms with Crippen molar-refractivity contribution in [3.8, 4) is 0 Å². The number of halogens is 2. The molecule has 1 N–H and O–H groups in total. The summed E-state index contributed by atoms with van der Waals surface area (Å²) in [5.41, 5.74) is 2.30. The zero-order valence-electron chi connectivity index (χ0n) is 11.8. The molecule has 0 atom stereocenters. The predicted octanol–water partition coefficient (Wildman–Crippen LogP) is 4.05. The fourth-order valence-corrected chi connectivity index (χ4v) is 2.41. The lowest BCUT2D eigenvalue weighted by Gasteiger charge is -2.11. The van der Waals surface area contributed by atoms with E-state index in [0.29, 0.717) is 10.0 Å². The molecule has 0 fully saturated rings. The molecule has 0 aliphatic heterocycles. The minimum Gasteiger partial charge on any atom is -0.327 e. The Balaban J connectivity index is 2.15. The molecule has 0 saturated carbocycles. The molecule has 0 bridgehead atoms. The Morgan fingerprint density at radius 2 is 2.05 bits per heavy atom. The SMILES string of the molecule is CCCNCc1cnc(C)n1Cc1ccc(Cl)c(Cl)c1. The van der Waals surface area contributed by atoms with E-state index in [9.17, 15) is 0 Å². The molecule has 5 heteroatoms. The molecule has 0 aliphatic carbocycles. The molecule has 0 aliphatic rings. The van der Waals surface area contributed by atoms with E-state index >= 15 is 0 Å². The lowest BCUT2D eigenvalue weighted by atomic mass is 10.2. The molecule has 0 radical (unpaired) electrons. The first-order valence-electron chi connectivity index (χ1n) is 6.77. The van der Waals surface area contributed by atoms with Crippen LogP contribution in [-0.2, 0) is 13.1 Å². The average Bonchev–Trinajstić information content (AvgIpc) is 2.76. The van der Waals surface area contributed by atoms with Crippen LogP contribution in [0.2, 0.25) is 10.0 Å². The number of nitrogens with one attached hydrogen (secondary N) is 1. The van der Waals surface area contributed by atoms with E-state index in [-0.39, 0.29) is 0 Å². The van der Waals surface area contributed by atoms with Gasteiger partial charge in [-0.25, -0.2) is 4.98 Å². The van der Waals surface area contributed by atoms with Crippen LogP contribution in [0.3, 0.4) is 0 Å². The van der Waals surface area contributed by atoms with Crippen molar-refractivity contribution in [2.45, 2.75) is 33.4 Å². The summed E-state index contributed by atoms with van der Waals surface area (Å²) in [6.07, 6.45) is 3.05. The minimum atomic E-state index is 0.586. The lowest BCUT2D eigenvalue weighted by Crippen LogP contribution is -2.17. The third-order valence-electron chi connectivity index (χ3n) is 3.20. The van der Waals surface area contributed by atoms with Crippen LogP contribution in [0.1, 0.15) is 30.4 Å². The summed E-state index contributed by atoms with van der Waals surface area (Å²) in [5.74, 6) is 1.00. The fraction of sp³-hybridized carbons (Fsp3) is 0.400. The Kier molecular flexibility index (Phi) is 5.46. The Morgan fingerprint density at radius 3 is 2.75 bits per heavy atom. The van der Waals surface area contributed by atoms with Crippen LogP contribution in [0.5, 0.6) is 0 Å². The van der Waals surface area contributed by atoms with Gasteiger partial charge in [0.05, 0.1) is 15.7 Å². The maximum atomic E-state index is 6.07. The molecule has 1 aromatic heterocycles. The van der Waals surface area contributed by atoms with Gasteiger partial charge in [0.1, 0.15) is 5.82 Å². The molecule has 0 amide bonds. The smallest absolute Gasteiger partial charge is 0.106 e. The molecule has 1 aromatic carbocycles. The molecular formula is C15H19Cl2N3. The second-order valence-corrected chi connectivity index (χ2v) is 5.62. The lowest BCUT2D eigenvalue weighted by molar-refractivity contribution is 0.623. The van der Waals surface area contributed by atoms with E-state index in [0.717, 1.165) is 37.4 Å². The van der Waals surface area contributed by atoms with E-state index in [1.807, 2.05) is 31.3 Å². The summed E-state index contributed by atoms with van der Waals surface area (Å²) in [7, 11) is 0. The molecule has 0 saturated heterocycles. The zero-order valence-corrected chi connectivity index (χ0v) is 13.3. The first kappa shape index (κ1) is 15.4. The summed E-state index contributed by atoms with van der Waals surface area (Å²) >= 11 is 12.0. The summed E-state index contributed by atoms with van der Waals surface area (Å²) < 4.78 is 2.20. The molecule has 0 unspecified atom stereocenters. The highest BCUT2D eigenvalue weighted by atomic mass is 35.5. The van der Waals surface area contributed by atoms with Gasteiger partial charge >= 0.3 is 0 Å². The van der Waals surface area contributed by atoms with Crippen LogP contribution in [0, 0.1) is 6.92 Å². The van der Waals surface area contributed by atoms with Gasteiger partial charge in [0.25, 0.3) is 0 Å². The van der Waals surface area contributed by atoms with Crippen molar-refractivity contribution >= 4 is 23.2 Å². The number of rotatable bonds is 6. The first-order valence-corrected chi connectivity index (χ1v) is 7.53. The Hall–Kier alpha value is -1.03. The molecule has 1 heterocycles. The van der Waals surface area contributed by atoms with Crippen molar-refractivity contribution in [2.24, 2.45) is 0 Å². The topological polar surface area (TPSA) is 29.9 Å². The zero-order chi connectivity index (χ0) is 14.5. The molecule has 2 rings (SSSR count). The van der Waals surface area contributed by atoms with Crippen LogP contribution < -0.4 is 5.32 Å². The number of imidazole rings is 1. The van der Waals surface area contributed by atoms with Crippen LogP contribution in [0.15, 0.2) is 24.4 Å². The van der Waals surface area contributed by atoms with Gasteiger partial charge in [0.15, 0.2) is 0 Å². The number of nitrogens with zero attached hydrogens (tertiary/aromatic N) is 2. The maximum Gasteiger partial charge on any atom is 0.106 e. The predicted molar refractivity (Wildman–Crippen MR) is 84.5 cm³/mol. The van der Waals surface area contributed by atoms with Gasteiger partial charge < -0.3 is 9.88 Å². The highest BCUT2D eigenvalue weighted by Gasteiger charge is 2.08. The van der Waals surface area contributed by atoms with Crippen molar-refractivity contribution < 1.29 is 0 Å². The molecule has 20 heavy (non-hydrogen) atoms. The van der Waals surface area contributed by atoms with Crippen molar-refractivity contribution in [1.82, 2.24) is 14.9 Å². The number of aryl methyl sites for hydroxylation is 1. The van der Waals surface area contributed by atoms with Gasteiger partial charge in [-0.05, 0) is 37.6 Å². The van der Waals surface area contributed by atoms with Gasteiger partial charge in [-0.3, -0.25) is 0 Å². The van der Waals surface area contributed by atoms with Crippen LogP contribution in [0.25, 0.3) is 0 Å². The van der Waals surface area contributed by atoms with Crippen molar-refractivity contribution in [1.29, 1.82) is 0 Å².